The third-order valence-corrected chi connectivity index (χ3v) is 2.76. The van der Waals surface area contributed by atoms with Gasteiger partial charge in [0, 0.05) is 43.0 Å². The number of carbonyl (C=O) groups excluding carboxylic acids is 1. The summed E-state index contributed by atoms with van der Waals surface area (Å²) in [6, 6.07) is 5.46. The number of fused-ring (bicyclic) bond motifs is 1. The molecular weight excluding hydrogens is 230 g/mol. The molecule has 2 aromatic rings. The molecule has 1 heterocycles. The average Bonchev–Trinajstić information content (AvgIpc) is 2.77. The van der Waals surface area contributed by atoms with E-state index >= 15 is 0 Å². The molecule has 5 heteroatoms. The fourth-order valence-electron chi connectivity index (χ4n) is 1.85. The third-order valence-electron chi connectivity index (χ3n) is 2.76. The number of ether oxygens (including phenoxy) is 1. The third kappa shape index (κ3) is 2.62. The molecule has 4 N–H and O–H groups in total. The smallest absolute Gasteiger partial charge is 0.253 e. The molecule has 0 aliphatic carbocycles. The van der Waals surface area contributed by atoms with Crippen LogP contribution in [0.1, 0.15) is 16.8 Å². The summed E-state index contributed by atoms with van der Waals surface area (Å²) < 4.78 is 4.93. The highest BCUT2D eigenvalue weighted by atomic mass is 16.5. The molecule has 0 saturated heterocycles. The van der Waals surface area contributed by atoms with Crippen molar-refractivity contribution in [3.63, 3.8) is 0 Å². The number of carbonyl (C=O) groups is 1. The van der Waals surface area contributed by atoms with Crippen molar-refractivity contribution >= 4 is 22.5 Å². The van der Waals surface area contributed by atoms with E-state index in [0.717, 1.165) is 17.3 Å². The summed E-state index contributed by atoms with van der Waals surface area (Å²) in [7, 11) is 1.64. The summed E-state index contributed by atoms with van der Waals surface area (Å²) in [5.41, 5.74) is 7.88. The first-order chi connectivity index (χ1) is 8.72. The molecule has 18 heavy (non-hydrogen) atoms. The minimum absolute atomic E-state index is 0.0814. The van der Waals surface area contributed by atoms with Crippen LogP contribution in [0.25, 0.3) is 10.9 Å². The zero-order valence-electron chi connectivity index (χ0n) is 10.3. The summed E-state index contributed by atoms with van der Waals surface area (Å²) in [6.45, 7) is 1.25. The van der Waals surface area contributed by atoms with Gasteiger partial charge in [0.1, 0.15) is 0 Å². The second-order valence-corrected chi connectivity index (χ2v) is 4.11. The minimum Gasteiger partial charge on any atom is -0.399 e. The number of nitrogens with two attached hydrogens (primary N) is 1. The number of methoxy groups -OCH3 is 1. The van der Waals surface area contributed by atoms with Gasteiger partial charge >= 0.3 is 0 Å². The van der Waals surface area contributed by atoms with E-state index in [0.29, 0.717) is 24.4 Å². The number of aromatic nitrogens is 1. The van der Waals surface area contributed by atoms with Crippen LogP contribution in [-0.4, -0.2) is 31.2 Å². The Hall–Kier alpha value is -2.01. The molecule has 0 radical (unpaired) electrons. The van der Waals surface area contributed by atoms with Crippen LogP contribution in [-0.2, 0) is 4.74 Å². The number of H-pyrrole nitrogens is 1. The molecule has 0 fully saturated rings. The molecular formula is C13H17N3O2. The SMILES string of the molecule is COCCCNC(=O)c1c[nH]c2cc(N)ccc12. The van der Waals surface area contributed by atoms with E-state index in [2.05, 4.69) is 10.3 Å². The fraction of sp³-hybridized carbons (Fsp3) is 0.308. The lowest BCUT2D eigenvalue weighted by atomic mass is 10.1. The van der Waals surface area contributed by atoms with E-state index in [1.165, 1.54) is 0 Å². The Balaban J connectivity index is 2.08. The highest BCUT2D eigenvalue weighted by Crippen LogP contribution is 2.20. The van der Waals surface area contributed by atoms with Gasteiger partial charge in [-0.1, -0.05) is 0 Å². The monoisotopic (exact) mass is 247 g/mol. The number of benzene rings is 1. The lowest BCUT2D eigenvalue weighted by Gasteiger charge is -2.03. The van der Waals surface area contributed by atoms with Gasteiger partial charge in [-0.3, -0.25) is 4.79 Å². The molecule has 5 nitrogen and oxygen atoms in total. The maximum Gasteiger partial charge on any atom is 0.253 e. The number of aromatic amines is 1. The lowest BCUT2D eigenvalue weighted by molar-refractivity contribution is 0.0950. The summed E-state index contributed by atoms with van der Waals surface area (Å²) in [5, 5.41) is 3.74. The Morgan fingerprint density at radius 2 is 2.33 bits per heavy atom. The first kappa shape index (κ1) is 12.4. The summed E-state index contributed by atoms with van der Waals surface area (Å²) in [6.07, 6.45) is 2.51. The van der Waals surface area contributed by atoms with Crippen molar-refractivity contribution in [3.8, 4) is 0 Å². The van der Waals surface area contributed by atoms with E-state index in [4.69, 9.17) is 10.5 Å². The zero-order chi connectivity index (χ0) is 13.0. The van der Waals surface area contributed by atoms with Crippen LogP contribution in [0.2, 0.25) is 0 Å². The maximum absolute atomic E-state index is 12.0. The van der Waals surface area contributed by atoms with Crippen molar-refractivity contribution in [2.24, 2.45) is 0 Å². The van der Waals surface area contributed by atoms with E-state index in [9.17, 15) is 4.79 Å². The van der Waals surface area contributed by atoms with Gasteiger partial charge in [0.05, 0.1) is 5.56 Å². The predicted molar refractivity (Wildman–Crippen MR) is 71.5 cm³/mol. The van der Waals surface area contributed by atoms with E-state index in [-0.39, 0.29) is 5.91 Å². The van der Waals surface area contributed by atoms with Crippen molar-refractivity contribution in [2.75, 3.05) is 26.0 Å². The number of nitrogen functional groups attached to an aromatic ring is 1. The topological polar surface area (TPSA) is 80.1 Å². The zero-order valence-corrected chi connectivity index (χ0v) is 10.3. The Bertz CT molecular complexity index is 548. The fourth-order valence-corrected chi connectivity index (χ4v) is 1.85. The molecule has 0 aliphatic heterocycles. The van der Waals surface area contributed by atoms with Crippen LogP contribution in [0.3, 0.4) is 0 Å². The minimum atomic E-state index is -0.0814. The largest absolute Gasteiger partial charge is 0.399 e. The van der Waals surface area contributed by atoms with Crippen molar-refractivity contribution in [3.05, 3.63) is 30.0 Å². The Morgan fingerprint density at radius 1 is 1.50 bits per heavy atom. The van der Waals surface area contributed by atoms with Crippen molar-refractivity contribution in [2.45, 2.75) is 6.42 Å². The van der Waals surface area contributed by atoms with Crippen LogP contribution in [0.4, 0.5) is 5.69 Å². The molecule has 2 rings (SSSR count). The highest BCUT2D eigenvalue weighted by Gasteiger charge is 2.11. The lowest BCUT2D eigenvalue weighted by Crippen LogP contribution is -2.24. The first-order valence-corrected chi connectivity index (χ1v) is 5.86. The van der Waals surface area contributed by atoms with E-state index < -0.39 is 0 Å². The molecule has 1 aromatic carbocycles. The van der Waals surface area contributed by atoms with Crippen LogP contribution in [0, 0.1) is 0 Å². The van der Waals surface area contributed by atoms with Gasteiger partial charge in [-0.05, 0) is 24.6 Å². The van der Waals surface area contributed by atoms with Crippen LogP contribution >= 0.6 is 0 Å². The van der Waals surface area contributed by atoms with Gasteiger partial charge in [-0.25, -0.2) is 0 Å². The molecule has 0 atom stereocenters. The Kier molecular flexibility index (Phi) is 3.84. The van der Waals surface area contributed by atoms with Gasteiger partial charge in [0.2, 0.25) is 0 Å². The van der Waals surface area contributed by atoms with Crippen LogP contribution < -0.4 is 11.1 Å². The van der Waals surface area contributed by atoms with Gasteiger partial charge in [-0.15, -0.1) is 0 Å². The van der Waals surface area contributed by atoms with Gasteiger partial charge < -0.3 is 20.8 Å². The number of nitrogens with one attached hydrogen (secondary N) is 2. The average molecular weight is 247 g/mol. The van der Waals surface area contributed by atoms with Gasteiger partial charge in [-0.2, -0.15) is 0 Å². The van der Waals surface area contributed by atoms with Crippen LogP contribution in [0.5, 0.6) is 0 Å². The first-order valence-electron chi connectivity index (χ1n) is 5.86. The molecule has 1 amide bonds. The van der Waals surface area contributed by atoms with Crippen molar-refractivity contribution in [1.82, 2.24) is 10.3 Å². The van der Waals surface area contributed by atoms with Crippen LogP contribution in [0.15, 0.2) is 24.4 Å². The summed E-state index contributed by atoms with van der Waals surface area (Å²) in [5.74, 6) is -0.0814. The summed E-state index contributed by atoms with van der Waals surface area (Å²) >= 11 is 0. The molecule has 0 saturated carbocycles. The number of rotatable bonds is 5. The molecule has 1 aromatic heterocycles. The van der Waals surface area contributed by atoms with Crippen molar-refractivity contribution in [1.29, 1.82) is 0 Å². The molecule has 96 valence electrons. The molecule has 0 spiro atoms. The van der Waals surface area contributed by atoms with E-state index in [1.807, 2.05) is 12.1 Å². The highest BCUT2D eigenvalue weighted by molar-refractivity contribution is 6.07. The van der Waals surface area contributed by atoms with Gasteiger partial charge in [0.25, 0.3) is 5.91 Å². The van der Waals surface area contributed by atoms with Crippen molar-refractivity contribution < 1.29 is 9.53 Å². The number of hydrogen-bond donors (Lipinski definition) is 3. The number of hydrogen-bond acceptors (Lipinski definition) is 3. The van der Waals surface area contributed by atoms with E-state index in [1.54, 1.807) is 19.4 Å². The Labute approximate surface area is 105 Å². The standard InChI is InChI=1S/C13H17N3O2/c1-18-6-2-5-15-13(17)11-8-16-12-7-9(14)3-4-10(11)12/h3-4,7-8,16H,2,5-6,14H2,1H3,(H,15,17). The maximum atomic E-state index is 12.0. The van der Waals surface area contributed by atoms with Gasteiger partial charge in [0.15, 0.2) is 0 Å². The number of amides is 1. The summed E-state index contributed by atoms with van der Waals surface area (Å²) in [4.78, 5) is 15.0. The predicted octanol–water partition coefficient (Wildman–Crippen LogP) is 1.52. The Morgan fingerprint density at radius 3 is 3.11 bits per heavy atom. The second kappa shape index (κ2) is 5.55. The second-order valence-electron chi connectivity index (χ2n) is 4.11. The quantitative estimate of drug-likeness (QED) is 0.553. The molecule has 0 unspecified atom stereocenters. The molecule has 0 aliphatic rings. The molecule has 0 bridgehead atoms. The normalized spacial score (nSPS) is 10.7. The number of anilines is 1.